The fourth-order valence-electron chi connectivity index (χ4n) is 1.67. The number of aromatic nitrogens is 1. The normalized spacial score (nSPS) is 10.5. The van der Waals surface area contributed by atoms with Crippen molar-refractivity contribution in [1.29, 1.82) is 0 Å². The van der Waals surface area contributed by atoms with E-state index in [2.05, 4.69) is 10.3 Å². The number of carbonyl (C=O) groups is 1. The van der Waals surface area contributed by atoms with Crippen molar-refractivity contribution in [3.05, 3.63) is 60.4 Å². The SMILES string of the molecule is CN(C)c1ccc(/C=C/C(=O)Nc2ccncc2)cc1. The second-order valence-corrected chi connectivity index (χ2v) is 4.54. The van der Waals surface area contributed by atoms with Crippen LogP contribution in [0.4, 0.5) is 11.4 Å². The monoisotopic (exact) mass is 267 g/mol. The fourth-order valence-corrected chi connectivity index (χ4v) is 1.67. The zero-order valence-electron chi connectivity index (χ0n) is 11.6. The van der Waals surface area contributed by atoms with Crippen molar-refractivity contribution >= 4 is 23.4 Å². The van der Waals surface area contributed by atoms with Crippen LogP contribution >= 0.6 is 0 Å². The maximum absolute atomic E-state index is 11.7. The van der Waals surface area contributed by atoms with Crippen LogP contribution in [0.3, 0.4) is 0 Å². The molecule has 0 aliphatic heterocycles. The van der Waals surface area contributed by atoms with Gasteiger partial charge in [-0.05, 0) is 35.9 Å². The first-order valence-electron chi connectivity index (χ1n) is 6.31. The molecule has 2 aromatic rings. The fraction of sp³-hybridized carbons (Fsp3) is 0.125. The third kappa shape index (κ3) is 3.95. The van der Waals surface area contributed by atoms with E-state index in [0.717, 1.165) is 16.9 Å². The van der Waals surface area contributed by atoms with E-state index in [1.54, 1.807) is 30.6 Å². The molecule has 1 heterocycles. The second kappa shape index (κ2) is 6.52. The summed E-state index contributed by atoms with van der Waals surface area (Å²) in [7, 11) is 3.99. The molecule has 0 fully saturated rings. The molecule has 4 nitrogen and oxygen atoms in total. The Morgan fingerprint density at radius 2 is 1.75 bits per heavy atom. The van der Waals surface area contributed by atoms with Crippen LogP contribution in [-0.2, 0) is 4.79 Å². The molecule has 0 spiro atoms. The average molecular weight is 267 g/mol. The van der Waals surface area contributed by atoms with Crippen molar-refractivity contribution in [2.45, 2.75) is 0 Å². The molecule has 2 rings (SSSR count). The van der Waals surface area contributed by atoms with Crippen molar-refractivity contribution in [2.75, 3.05) is 24.3 Å². The minimum Gasteiger partial charge on any atom is -0.378 e. The average Bonchev–Trinajstić information content (AvgIpc) is 2.46. The molecular formula is C16H17N3O. The molecule has 1 aromatic heterocycles. The van der Waals surface area contributed by atoms with Crippen LogP contribution < -0.4 is 10.2 Å². The Balaban J connectivity index is 1.97. The molecule has 4 heteroatoms. The highest BCUT2D eigenvalue weighted by Gasteiger charge is 1.97. The summed E-state index contributed by atoms with van der Waals surface area (Å²) < 4.78 is 0. The summed E-state index contributed by atoms with van der Waals surface area (Å²) >= 11 is 0. The number of rotatable bonds is 4. The lowest BCUT2D eigenvalue weighted by molar-refractivity contribution is -0.111. The number of hydrogen-bond donors (Lipinski definition) is 1. The minimum atomic E-state index is -0.159. The number of nitrogens with zero attached hydrogens (tertiary/aromatic N) is 2. The summed E-state index contributed by atoms with van der Waals surface area (Å²) in [5, 5.41) is 2.77. The van der Waals surface area contributed by atoms with E-state index in [9.17, 15) is 4.79 Å². The molecule has 0 saturated carbocycles. The molecule has 0 aliphatic rings. The molecule has 0 unspecified atom stereocenters. The molecule has 0 atom stereocenters. The summed E-state index contributed by atoms with van der Waals surface area (Å²) in [6.07, 6.45) is 6.58. The van der Waals surface area contributed by atoms with Gasteiger partial charge in [-0.2, -0.15) is 0 Å². The molecule has 1 amide bonds. The molecule has 0 bridgehead atoms. The van der Waals surface area contributed by atoms with E-state index in [4.69, 9.17) is 0 Å². The maximum Gasteiger partial charge on any atom is 0.248 e. The van der Waals surface area contributed by atoms with E-state index in [1.165, 1.54) is 6.08 Å². The zero-order valence-corrected chi connectivity index (χ0v) is 11.6. The number of amides is 1. The number of nitrogens with one attached hydrogen (secondary N) is 1. The predicted octanol–water partition coefficient (Wildman–Crippen LogP) is 2.80. The van der Waals surface area contributed by atoms with Crippen LogP contribution in [0, 0.1) is 0 Å². The lowest BCUT2D eigenvalue weighted by atomic mass is 10.2. The Kier molecular flexibility index (Phi) is 4.50. The third-order valence-electron chi connectivity index (χ3n) is 2.78. The van der Waals surface area contributed by atoms with E-state index in [0.29, 0.717) is 0 Å². The van der Waals surface area contributed by atoms with Crippen LogP contribution in [0.5, 0.6) is 0 Å². The number of pyridine rings is 1. The molecule has 1 N–H and O–H groups in total. The quantitative estimate of drug-likeness (QED) is 0.866. The zero-order chi connectivity index (χ0) is 14.4. The van der Waals surface area contributed by atoms with Gasteiger partial charge in [-0.15, -0.1) is 0 Å². The molecule has 0 aliphatic carbocycles. The molecule has 20 heavy (non-hydrogen) atoms. The lowest BCUT2D eigenvalue weighted by Crippen LogP contribution is -2.08. The van der Waals surface area contributed by atoms with E-state index < -0.39 is 0 Å². The van der Waals surface area contributed by atoms with E-state index in [1.807, 2.05) is 43.3 Å². The van der Waals surface area contributed by atoms with Crippen LogP contribution in [0.15, 0.2) is 54.9 Å². The Morgan fingerprint density at radius 3 is 2.35 bits per heavy atom. The first kappa shape index (κ1) is 13.8. The van der Waals surface area contributed by atoms with Gasteiger partial charge >= 0.3 is 0 Å². The summed E-state index contributed by atoms with van der Waals surface area (Å²) in [5.74, 6) is -0.159. The highest BCUT2D eigenvalue weighted by molar-refractivity contribution is 6.01. The van der Waals surface area contributed by atoms with Gasteiger partial charge in [-0.25, -0.2) is 0 Å². The molecule has 102 valence electrons. The Morgan fingerprint density at radius 1 is 1.10 bits per heavy atom. The van der Waals surface area contributed by atoms with Gasteiger partial charge in [0.05, 0.1) is 0 Å². The van der Waals surface area contributed by atoms with Gasteiger partial charge in [0.15, 0.2) is 0 Å². The summed E-state index contributed by atoms with van der Waals surface area (Å²) in [6.45, 7) is 0. The van der Waals surface area contributed by atoms with Gasteiger partial charge in [0, 0.05) is 43.9 Å². The van der Waals surface area contributed by atoms with Crippen LogP contribution in [0.2, 0.25) is 0 Å². The Labute approximate surface area is 118 Å². The lowest BCUT2D eigenvalue weighted by Gasteiger charge is -2.11. The van der Waals surface area contributed by atoms with Crippen molar-refractivity contribution in [3.63, 3.8) is 0 Å². The summed E-state index contributed by atoms with van der Waals surface area (Å²) in [5.41, 5.74) is 2.85. The molecule has 0 saturated heterocycles. The van der Waals surface area contributed by atoms with E-state index >= 15 is 0 Å². The highest BCUT2D eigenvalue weighted by Crippen LogP contribution is 2.13. The Hall–Kier alpha value is -2.62. The molecular weight excluding hydrogens is 250 g/mol. The van der Waals surface area contributed by atoms with Crippen molar-refractivity contribution < 1.29 is 4.79 Å². The third-order valence-corrected chi connectivity index (χ3v) is 2.78. The van der Waals surface area contributed by atoms with Crippen molar-refractivity contribution in [3.8, 4) is 0 Å². The second-order valence-electron chi connectivity index (χ2n) is 4.54. The van der Waals surface area contributed by atoms with Gasteiger partial charge in [-0.3, -0.25) is 9.78 Å². The number of hydrogen-bond acceptors (Lipinski definition) is 3. The number of benzene rings is 1. The predicted molar refractivity (Wildman–Crippen MR) is 82.7 cm³/mol. The van der Waals surface area contributed by atoms with Crippen molar-refractivity contribution in [2.24, 2.45) is 0 Å². The topological polar surface area (TPSA) is 45.2 Å². The van der Waals surface area contributed by atoms with Crippen LogP contribution in [0.1, 0.15) is 5.56 Å². The van der Waals surface area contributed by atoms with Gasteiger partial charge in [0.2, 0.25) is 5.91 Å². The van der Waals surface area contributed by atoms with E-state index in [-0.39, 0.29) is 5.91 Å². The number of carbonyl (C=O) groups excluding carboxylic acids is 1. The van der Waals surface area contributed by atoms with Crippen molar-refractivity contribution in [1.82, 2.24) is 4.98 Å². The number of anilines is 2. The largest absolute Gasteiger partial charge is 0.378 e. The standard InChI is InChI=1S/C16H17N3O/c1-19(2)15-6-3-13(4-7-15)5-8-16(20)18-14-9-11-17-12-10-14/h3-12H,1-2H3,(H,17,18,20)/b8-5+. The van der Waals surface area contributed by atoms with Crippen LogP contribution in [-0.4, -0.2) is 25.0 Å². The maximum atomic E-state index is 11.7. The van der Waals surface area contributed by atoms with Gasteiger partial charge in [0.25, 0.3) is 0 Å². The van der Waals surface area contributed by atoms with Gasteiger partial charge < -0.3 is 10.2 Å². The molecule has 1 aromatic carbocycles. The molecule has 0 radical (unpaired) electrons. The first-order valence-corrected chi connectivity index (χ1v) is 6.31. The minimum absolute atomic E-state index is 0.159. The van der Waals surface area contributed by atoms with Gasteiger partial charge in [0.1, 0.15) is 0 Å². The smallest absolute Gasteiger partial charge is 0.248 e. The highest BCUT2D eigenvalue weighted by atomic mass is 16.1. The summed E-state index contributed by atoms with van der Waals surface area (Å²) in [4.78, 5) is 17.7. The Bertz CT molecular complexity index is 589. The van der Waals surface area contributed by atoms with Gasteiger partial charge in [-0.1, -0.05) is 12.1 Å². The van der Waals surface area contributed by atoms with Crippen LogP contribution in [0.25, 0.3) is 6.08 Å². The first-order chi connectivity index (χ1) is 9.65. The summed E-state index contributed by atoms with van der Waals surface area (Å²) in [6, 6.07) is 11.5.